The second kappa shape index (κ2) is 10.2. The molecule has 6 heteroatoms. The molecule has 1 atom stereocenters. The van der Waals surface area contributed by atoms with Crippen LogP contribution in [0.25, 0.3) is 0 Å². The summed E-state index contributed by atoms with van der Waals surface area (Å²) >= 11 is 0. The molecule has 3 amide bonds. The van der Waals surface area contributed by atoms with E-state index < -0.39 is 6.03 Å². The summed E-state index contributed by atoms with van der Waals surface area (Å²) in [5.41, 5.74) is 1.14. The van der Waals surface area contributed by atoms with Crippen LogP contribution in [0.15, 0.2) is 30.3 Å². The van der Waals surface area contributed by atoms with Crippen LogP contribution < -0.4 is 10.6 Å². The van der Waals surface area contributed by atoms with Crippen LogP contribution in [0.2, 0.25) is 0 Å². The molecule has 138 valence electrons. The van der Waals surface area contributed by atoms with E-state index in [0.717, 1.165) is 25.0 Å². The quantitative estimate of drug-likeness (QED) is 0.756. The molecule has 0 aromatic heterocycles. The number of imide groups is 1. The lowest BCUT2D eigenvalue weighted by atomic mass is 10.2. The zero-order valence-electron chi connectivity index (χ0n) is 15.2. The molecule has 1 aliphatic heterocycles. The van der Waals surface area contributed by atoms with Gasteiger partial charge in [0.25, 0.3) is 0 Å². The third-order valence-corrected chi connectivity index (χ3v) is 4.03. The highest BCUT2D eigenvalue weighted by molar-refractivity contribution is 5.95. The van der Waals surface area contributed by atoms with Crippen molar-refractivity contribution in [3.05, 3.63) is 35.9 Å². The molecule has 0 radical (unpaired) electrons. The number of hydrogen-bond donors (Lipinski definition) is 2. The zero-order chi connectivity index (χ0) is 18.1. The van der Waals surface area contributed by atoms with Gasteiger partial charge in [0, 0.05) is 26.2 Å². The van der Waals surface area contributed by atoms with Crippen molar-refractivity contribution >= 4 is 11.9 Å². The molecule has 1 saturated heterocycles. The Bertz CT molecular complexity index is 542. The van der Waals surface area contributed by atoms with Crippen LogP contribution in [0, 0.1) is 5.92 Å². The van der Waals surface area contributed by atoms with Gasteiger partial charge in [-0.25, -0.2) is 4.79 Å². The van der Waals surface area contributed by atoms with Crippen molar-refractivity contribution < 1.29 is 14.3 Å². The summed E-state index contributed by atoms with van der Waals surface area (Å²) in [5, 5.41) is 5.10. The zero-order valence-corrected chi connectivity index (χ0v) is 15.2. The maximum Gasteiger partial charge on any atom is 0.321 e. The Morgan fingerprint density at radius 2 is 2.04 bits per heavy atom. The molecule has 0 aliphatic carbocycles. The molecule has 2 N–H and O–H groups in total. The fraction of sp³-hybridized carbons (Fsp3) is 0.579. The molecule has 1 heterocycles. The summed E-state index contributed by atoms with van der Waals surface area (Å²) in [6.07, 6.45) is 2.24. The predicted octanol–water partition coefficient (Wildman–Crippen LogP) is 2.15. The van der Waals surface area contributed by atoms with Crippen LogP contribution in [0.5, 0.6) is 0 Å². The maximum absolute atomic E-state index is 12.2. The summed E-state index contributed by atoms with van der Waals surface area (Å²) in [4.78, 5) is 26.0. The molecule has 1 aliphatic rings. The second-order valence-electron chi connectivity index (χ2n) is 6.94. The Hall–Kier alpha value is -1.92. The number of hydrogen-bond acceptors (Lipinski definition) is 4. The van der Waals surface area contributed by atoms with E-state index >= 15 is 0 Å². The van der Waals surface area contributed by atoms with Gasteiger partial charge in [-0.3, -0.25) is 15.0 Å². The molecule has 0 bridgehead atoms. The van der Waals surface area contributed by atoms with E-state index in [1.807, 2.05) is 49.1 Å². The summed E-state index contributed by atoms with van der Waals surface area (Å²) in [5.74, 6) is 0.0464. The number of nitrogens with one attached hydrogen (secondary N) is 2. The minimum absolute atomic E-state index is 0.159. The van der Waals surface area contributed by atoms with Crippen molar-refractivity contribution in [1.82, 2.24) is 15.5 Å². The van der Waals surface area contributed by atoms with E-state index in [1.54, 1.807) is 0 Å². The van der Waals surface area contributed by atoms with Gasteiger partial charge in [0.2, 0.25) is 5.91 Å². The molecule has 2 rings (SSSR count). The van der Waals surface area contributed by atoms with E-state index in [-0.39, 0.29) is 18.6 Å². The van der Waals surface area contributed by atoms with Gasteiger partial charge < -0.3 is 10.1 Å². The number of rotatable bonds is 8. The smallest absolute Gasteiger partial charge is 0.321 e. The monoisotopic (exact) mass is 347 g/mol. The first-order valence-corrected chi connectivity index (χ1v) is 8.98. The minimum Gasteiger partial charge on any atom is -0.377 e. The van der Waals surface area contributed by atoms with Gasteiger partial charge in [0.1, 0.15) is 0 Å². The molecular weight excluding hydrogens is 318 g/mol. The maximum atomic E-state index is 12.2. The molecule has 0 spiro atoms. The summed E-state index contributed by atoms with van der Waals surface area (Å²) in [6.45, 7) is 6.86. The average Bonchev–Trinajstić information content (AvgIpc) is 3.06. The van der Waals surface area contributed by atoms with Gasteiger partial charge in [-0.15, -0.1) is 0 Å². The van der Waals surface area contributed by atoms with E-state index in [9.17, 15) is 9.59 Å². The highest BCUT2D eigenvalue weighted by Gasteiger charge is 2.21. The topological polar surface area (TPSA) is 70.7 Å². The third-order valence-electron chi connectivity index (χ3n) is 4.03. The third kappa shape index (κ3) is 7.67. The normalized spacial score (nSPS) is 17.0. The van der Waals surface area contributed by atoms with Gasteiger partial charge in [0.15, 0.2) is 0 Å². The Balaban J connectivity index is 1.87. The number of urea groups is 1. The molecular formula is C19H29N3O3. The van der Waals surface area contributed by atoms with Crippen molar-refractivity contribution in [3.8, 4) is 0 Å². The van der Waals surface area contributed by atoms with Crippen LogP contribution in [-0.4, -0.2) is 49.2 Å². The number of nitrogens with zero attached hydrogens (tertiary/aromatic N) is 1. The van der Waals surface area contributed by atoms with Crippen molar-refractivity contribution in [2.75, 3.05) is 26.2 Å². The first kappa shape index (κ1) is 19.4. The number of ether oxygens (including phenoxy) is 1. The van der Waals surface area contributed by atoms with E-state index in [2.05, 4.69) is 10.6 Å². The Morgan fingerprint density at radius 1 is 1.28 bits per heavy atom. The van der Waals surface area contributed by atoms with Crippen molar-refractivity contribution in [3.63, 3.8) is 0 Å². The Morgan fingerprint density at radius 3 is 2.68 bits per heavy atom. The number of carbonyl (C=O) groups excluding carboxylic acids is 2. The van der Waals surface area contributed by atoms with E-state index in [0.29, 0.717) is 25.6 Å². The molecule has 1 aromatic carbocycles. The van der Waals surface area contributed by atoms with Crippen LogP contribution >= 0.6 is 0 Å². The molecule has 1 unspecified atom stereocenters. The second-order valence-corrected chi connectivity index (χ2v) is 6.94. The van der Waals surface area contributed by atoms with E-state index in [1.165, 1.54) is 0 Å². The number of carbonyl (C=O) groups is 2. The van der Waals surface area contributed by atoms with Crippen LogP contribution in [0.1, 0.15) is 32.3 Å². The molecule has 1 fully saturated rings. The minimum atomic E-state index is -0.435. The van der Waals surface area contributed by atoms with Crippen LogP contribution in [-0.2, 0) is 16.1 Å². The molecule has 0 saturated carbocycles. The summed E-state index contributed by atoms with van der Waals surface area (Å²) < 4.78 is 5.70. The van der Waals surface area contributed by atoms with Gasteiger partial charge in [-0.05, 0) is 24.3 Å². The largest absolute Gasteiger partial charge is 0.377 e. The molecule has 25 heavy (non-hydrogen) atoms. The van der Waals surface area contributed by atoms with Gasteiger partial charge >= 0.3 is 6.03 Å². The highest BCUT2D eigenvalue weighted by atomic mass is 16.5. The first-order chi connectivity index (χ1) is 12.0. The fourth-order valence-electron chi connectivity index (χ4n) is 2.81. The first-order valence-electron chi connectivity index (χ1n) is 8.98. The lowest BCUT2D eigenvalue weighted by molar-refractivity contribution is -0.121. The van der Waals surface area contributed by atoms with Gasteiger partial charge in [0.05, 0.1) is 12.6 Å². The van der Waals surface area contributed by atoms with E-state index in [4.69, 9.17) is 4.74 Å². The molecule has 6 nitrogen and oxygen atoms in total. The van der Waals surface area contributed by atoms with Crippen molar-refractivity contribution in [1.29, 1.82) is 0 Å². The van der Waals surface area contributed by atoms with Crippen LogP contribution in [0.4, 0.5) is 4.79 Å². The summed E-state index contributed by atoms with van der Waals surface area (Å²) in [7, 11) is 0. The lowest BCUT2D eigenvalue weighted by Crippen LogP contribution is -2.46. The molecule has 1 aromatic rings. The number of benzene rings is 1. The van der Waals surface area contributed by atoms with Crippen LogP contribution in [0.3, 0.4) is 0 Å². The number of amides is 3. The van der Waals surface area contributed by atoms with Crippen molar-refractivity contribution in [2.45, 2.75) is 39.3 Å². The standard InChI is InChI=1S/C19H29N3O3/c1-15(2)11-20-19(24)21-18(23)14-22(13-17-9-6-10-25-17)12-16-7-4-3-5-8-16/h3-5,7-8,15,17H,6,9-14H2,1-2H3,(H2,20,21,23,24). The van der Waals surface area contributed by atoms with Crippen molar-refractivity contribution in [2.24, 2.45) is 5.92 Å². The fourth-order valence-corrected chi connectivity index (χ4v) is 2.81. The Kier molecular flexibility index (Phi) is 7.88. The predicted molar refractivity (Wildman–Crippen MR) is 97.1 cm³/mol. The Labute approximate surface area is 149 Å². The summed E-state index contributed by atoms with van der Waals surface area (Å²) in [6, 6.07) is 9.58. The van der Waals surface area contributed by atoms with Gasteiger partial charge in [-0.2, -0.15) is 0 Å². The SMILES string of the molecule is CC(C)CNC(=O)NC(=O)CN(Cc1ccccc1)CC1CCCO1. The lowest BCUT2D eigenvalue weighted by Gasteiger charge is -2.24. The average molecular weight is 347 g/mol. The van der Waals surface area contributed by atoms with Gasteiger partial charge in [-0.1, -0.05) is 44.2 Å². The highest BCUT2D eigenvalue weighted by Crippen LogP contribution is 2.15.